The summed E-state index contributed by atoms with van der Waals surface area (Å²) >= 11 is 0. The highest BCUT2D eigenvalue weighted by molar-refractivity contribution is 6.02. The van der Waals surface area contributed by atoms with E-state index in [4.69, 9.17) is 0 Å². The number of carbonyl (C=O) groups is 2. The molecule has 1 fully saturated rings. The normalized spacial score (nSPS) is 20.5. The van der Waals surface area contributed by atoms with Crippen molar-refractivity contribution in [3.63, 3.8) is 0 Å². The minimum absolute atomic E-state index is 0.0919. The van der Waals surface area contributed by atoms with Crippen molar-refractivity contribution in [3.05, 3.63) is 107 Å². The Kier molecular flexibility index (Phi) is 8.27. The van der Waals surface area contributed by atoms with Crippen LogP contribution in [0.2, 0.25) is 0 Å². The van der Waals surface area contributed by atoms with Gasteiger partial charge in [-0.25, -0.2) is 0 Å². The van der Waals surface area contributed by atoms with Gasteiger partial charge in [0.2, 0.25) is 0 Å². The van der Waals surface area contributed by atoms with Crippen molar-refractivity contribution in [1.29, 1.82) is 0 Å². The summed E-state index contributed by atoms with van der Waals surface area (Å²) in [6.07, 6.45) is 1.55. The predicted octanol–water partition coefficient (Wildman–Crippen LogP) is 5.47. The van der Waals surface area contributed by atoms with Gasteiger partial charge >= 0.3 is 0 Å². The van der Waals surface area contributed by atoms with Crippen molar-refractivity contribution in [2.45, 2.75) is 32.6 Å². The van der Waals surface area contributed by atoms with E-state index >= 15 is 0 Å². The molecule has 4 rings (SSSR count). The molecule has 1 aliphatic heterocycles. The Hall–Kier alpha value is -3.08. The van der Waals surface area contributed by atoms with Gasteiger partial charge in [-0.05, 0) is 49.9 Å². The Balaban J connectivity index is 1.81. The lowest BCUT2D eigenvalue weighted by atomic mass is 9.67. The molecule has 3 atom stereocenters. The van der Waals surface area contributed by atoms with Gasteiger partial charge in [-0.1, -0.05) is 78.9 Å². The molecule has 1 aliphatic rings. The Morgan fingerprint density at radius 3 is 1.83 bits per heavy atom. The number of hydrogen-bond donors (Lipinski definition) is 1. The van der Waals surface area contributed by atoms with E-state index in [2.05, 4.69) is 30.9 Å². The van der Waals surface area contributed by atoms with Gasteiger partial charge in [0, 0.05) is 48.6 Å². The molecule has 4 heteroatoms. The number of rotatable bonds is 9. The first-order valence-electron chi connectivity index (χ1n) is 12.6. The summed E-state index contributed by atoms with van der Waals surface area (Å²) < 4.78 is 0. The standard InChI is InChI=1S/C31H35NO3/c1-22-12-11-17-26(23(22)2)29-27(30(34)24-13-5-3-6-14-24)20-32(18-9-10-19-33)21-28(29)31(35)25-15-7-4-8-16-25/h3-8,11-17,27-29,33H,9-10,18-21H2,1-2H3/t27-,28+,29+. The quantitative estimate of drug-likeness (QED) is 0.333. The van der Waals surface area contributed by atoms with E-state index in [0.717, 1.165) is 24.1 Å². The second-order valence-electron chi connectivity index (χ2n) is 9.68. The summed E-state index contributed by atoms with van der Waals surface area (Å²) in [5.74, 6) is -0.690. The fourth-order valence-corrected chi connectivity index (χ4v) is 5.46. The number of nitrogens with zero attached hydrogens (tertiary/aromatic N) is 1. The second-order valence-corrected chi connectivity index (χ2v) is 9.68. The maximum Gasteiger partial charge on any atom is 0.167 e. The van der Waals surface area contributed by atoms with Gasteiger partial charge in [-0.3, -0.25) is 9.59 Å². The molecule has 3 aromatic carbocycles. The highest BCUT2D eigenvalue weighted by Gasteiger charge is 2.45. The van der Waals surface area contributed by atoms with Gasteiger partial charge in [0.15, 0.2) is 11.6 Å². The van der Waals surface area contributed by atoms with Gasteiger partial charge < -0.3 is 10.0 Å². The number of aliphatic hydroxyl groups is 1. The maximum atomic E-state index is 14.0. The number of unbranched alkanes of at least 4 members (excludes halogenated alkanes) is 1. The predicted molar refractivity (Wildman–Crippen MR) is 140 cm³/mol. The molecule has 0 aliphatic carbocycles. The molecule has 0 spiro atoms. The number of Topliss-reactive ketones (excluding diaryl/α,β-unsaturated/α-hetero) is 2. The number of aryl methyl sites for hydroxylation is 1. The third-order valence-corrected chi connectivity index (χ3v) is 7.46. The SMILES string of the molecule is Cc1cccc([C@@H]2[C@@H](C(=O)c3ccccc3)CN(CCCCO)C[C@H]2C(=O)c2ccccc2)c1C. The monoisotopic (exact) mass is 469 g/mol. The molecule has 35 heavy (non-hydrogen) atoms. The van der Waals surface area contributed by atoms with Crippen LogP contribution < -0.4 is 0 Å². The summed E-state index contributed by atoms with van der Waals surface area (Å²) in [6, 6.07) is 25.2. The van der Waals surface area contributed by atoms with E-state index in [1.165, 1.54) is 5.56 Å². The minimum Gasteiger partial charge on any atom is -0.396 e. The number of benzene rings is 3. The summed E-state index contributed by atoms with van der Waals surface area (Å²) in [5.41, 5.74) is 4.81. The van der Waals surface area contributed by atoms with E-state index in [-0.39, 0.29) is 35.9 Å². The highest BCUT2D eigenvalue weighted by Crippen LogP contribution is 2.42. The average molecular weight is 470 g/mol. The van der Waals surface area contributed by atoms with Crippen LogP contribution in [0.4, 0.5) is 0 Å². The first-order valence-corrected chi connectivity index (χ1v) is 12.6. The van der Waals surface area contributed by atoms with Crippen LogP contribution >= 0.6 is 0 Å². The number of piperidine rings is 1. The summed E-state index contributed by atoms with van der Waals surface area (Å²) in [7, 11) is 0. The summed E-state index contributed by atoms with van der Waals surface area (Å²) in [4.78, 5) is 30.2. The fraction of sp³-hybridized carbons (Fsp3) is 0.355. The van der Waals surface area contributed by atoms with Crippen molar-refractivity contribution >= 4 is 11.6 Å². The molecule has 0 saturated carbocycles. The molecule has 182 valence electrons. The Labute approximate surface area is 208 Å². The van der Waals surface area contributed by atoms with Crippen molar-refractivity contribution in [3.8, 4) is 0 Å². The smallest absolute Gasteiger partial charge is 0.167 e. The van der Waals surface area contributed by atoms with Crippen LogP contribution in [-0.2, 0) is 0 Å². The van der Waals surface area contributed by atoms with Crippen molar-refractivity contribution in [2.75, 3.05) is 26.2 Å². The van der Waals surface area contributed by atoms with Crippen LogP contribution in [0.3, 0.4) is 0 Å². The molecule has 1 heterocycles. The highest BCUT2D eigenvalue weighted by atomic mass is 16.3. The fourth-order valence-electron chi connectivity index (χ4n) is 5.46. The van der Waals surface area contributed by atoms with E-state index in [9.17, 15) is 14.7 Å². The zero-order chi connectivity index (χ0) is 24.8. The summed E-state index contributed by atoms with van der Waals surface area (Å²) in [6.45, 7) is 6.32. The van der Waals surface area contributed by atoms with Crippen molar-refractivity contribution in [2.24, 2.45) is 11.8 Å². The number of carbonyl (C=O) groups excluding carboxylic acids is 2. The molecule has 4 nitrogen and oxygen atoms in total. The van der Waals surface area contributed by atoms with Crippen molar-refractivity contribution in [1.82, 2.24) is 4.90 Å². The molecule has 0 bridgehead atoms. The second kappa shape index (κ2) is 11.6. The molecule has 3 aromatic rings. The zero-order valence-corrected chi connectivity index (χ0v) is 20.7. The lowest BCUT2D eigenvalue weighted by Crippen LogP contribution is -2.50. The minimum atomic E-state index is -0.335. The third-order valence-electron chi connectivity index (χ3n) is 7.46. The Morgan fingerprint density at radius 2 is 1.31 bits per heavy atom. The molecule has 1 N–H and O–H groups in total. The van der Waals surface area contributed by atoms with Gasteiger partial charge in [0.25, 0.3) is 0 Å². The number of aliphatic hydroxyl groups excluding tert-OH is 1. The van der Waals surface area contributed by atoms with Gasteiger partial charge in [-0.15, -0.1) is 0 Å². The first kappa shape index (κ1) is 25.0. The largest absolute Gasteiger partial charge is 0.396 e. The lowest BCUT2D eigenvalue weighted by Gasteiger charge is -2.43. The number of hydrogen-bond acceptors (Lipinski definition) is 4. The van der Waals surface area contributed by atoms with Gasteiger partial charge in [0.05, 0.1) is 0 Å². The molecule has 0 unspecified atom stereocenters. The topological polar surface area (TPSA) is 57.6 Å². The molecule has 0 amide bonds. The third kappa shape index (κ3) is 5.61. The maximum absolute atomic E-state index is 14.0. The summed E-state index contributed by atoms with van der Waals surface area (Å²) in [5, 5.41) is 9.29. The van der Waals surface area contributed by atoms with Crippen LogP contribution in [0.5, 0.6) is 0 Å². The van der Waals surface area contributed by atoms with Crippen LogP contribution in [0.25, 0.3) is 0 Å². The van der Waals surface area contributed by atoms with Crippen LogP contribution in [0, 0.1) is 25.7 Å². The van der Waals surface area contributed by atoms with Crippen LogP contribution in [-0.4, -0.2) is 47.8 Å². The van der Waals surface area contributed by atoms with E-state index < -0.39 is 0 Å². The Morgan fingerprint density at radius 1 is 0.771 bits per heavy atom. The number of likely N-dealkylation sites (tertiary alicyclic amines) is 1. The Bertz CT molecular complexity index is 1080. The molecular weight excluding hydrogens is 434 g/mol. The molecule has 0 radical (unpaired) electrons. The molecular formula is C31H35NO3. The van der Waals surface area contributed by atoms with Gasteiger partial charge in [0.1, 0.15) is 0 Å². The average Bonchev–Trinajstić information content (AvgIpc) is 2.90. The van der Waals surface area contributed by atoms with Crippen molar-refractivity contribution < 1.29 is 14.7 Å². The van der Waals surface area contributed by atoms with E-state index in [1.54, 1.807) is 0 Å². The molecule has 1 saturated heterocycles. The van der Waals surface area contributed by atoms with Crippen LogP contribution in [0.15, 0.2) is 78.9 Å². The first-order chi connectivity index (χ1) is 17.0. The van der Waals surface area contributed by atoms with E-state index in [0.29, 0.717) is 30.6 Å². The van der Waals surface area contributed by atoms with Crippen LogP contribution in [0.1, 0.15) is 56.2 Å². The van der Waals surface area contributed by atoms with E-state index in [1.807, 2.05) is 66.7 Å². The van der Waals surface area contributed by atoms with Gasteiger partial charge in [-0.2, -0.15) is 0 Å². The molecule has 0 aromatic heterocycles. The number of ketones is 2. The lowest BCUT2D eigenvalue weighted by molar-refractivity contribution is 0.0565. The zero-order valence-electron chi connectivity index (χ0n) is 20.7.